The molecule has 2 aliphatic rings. The van der Waals surface area contributed by atoms with Crippen LogP contribution in [0.3, 0.4) is 0 Å². The van der Waals surface area contributed by atoms with Gasteiger partial charge >= 0.3 is 0 Å². The van der Waals surface area contributed by atoms with Gasteiger partial charge in [0.25, 0.3) is 0 Å². The molecule has 0 bridgehead atoms. The third-order valence-corrected chi connectivity index (χ3v) is 4.79. The lowest BCUT2D eigenvalue weighted by atomic mass is 9.73. The Labute approximate surface area is 122 Å². The van der Waals surface area contributed by atoms with Crippen LogP contribution in [0.1, 0.15) is 58.8 Å². The zero-order valence-corrected chi connectivity index (χ0v) is 12.9. The molecule has 1 saturated heterocycles. The SMILES string of the molecule is CC1(C)CCC(C(=O)NCCCN2CCCC2=O)CC1. The first-order valence-corrected chi connectivity index (χ1v) is 8.03. The summed E-state index contributed by atoms with van der Waals surface area (Å²) in [5, 5.41) is 3.04. The average molecular weight is 280 g/mol. The zero-order chi connectivity index (χ0) is 14.6. The highest BCUT2D eigenvalue weighted by Crippen LogP contribution is 2.37. The summed E-state index contributed by atoms with van der Waals surface area (Å²) in [7, 11) is 0. The summed E-state index contributed by atoms with van der Waals surface area (Å²) < 4.78 is 0. The molecule has 4 heteroatoms. The third-order valence-electron chi connectivity index (χ3n) is 4.79. The predicted octanol–water partition coefficient (Wildman–Crippen LogP) is 2.33. The molecule has 0 aromatic rings. The van der Waals surface area contributed by atoms with E-state index in [0.29, 0.717) is 18.4 Å². The Hall–Kier alpha value is -1.06. The Morgan fingerprint density at radius 1 is 1.35 bits per heavy atom. The van der Waals surface area contributed by atoms with Crippen molar-refractivity contribution < 1.29 is 9.59 Å². The summed E-state index contributed by atoms with van der Waals surface area (Å²) in [4.78, 5) is 25.4. The normalized spacial score (nSPS) is 23.1. The standard InChI is InChI=1S/C16H28N2O2/c1-16(2)8-6-13(7-9-16)15(20)17-10-4-12-18-11-3-5-14(18)19/h13H,3-12H2,1-2H3,(H,17,20). The van der Waals surface area contributed by atoms with Crippen molar-refractivity contribution >= 4 is 11.8 Å². The van der Waals surface area contributed by atoms with Crippen molar-refractivity contribution in [3.8, 4) is 0 Å². The molecule has 1 saturated carbocycles. The fourth-order valence-electron chi connectivity index (χ4n) is 3.23. The van der Waals surface area contributed by atoms with E-state index in [-0.39, 0.29) is 17.7 Å². The van der Waals surface area contributed by atoms with Crippen LogP contribution < -0.4 is 5.32 Å². The van der Waals surface area contributed by atoms with Gasteiger partial charge in [0.15, 0.2) is 0 Å². The molecule has 1 N–H and O–H groups in total. The number of nitrogens with one attached hydrogen (secondary N) is 1. The van der Waals surface area contributed by atoms with Crippen LogP contribution in [0.15, 0.2) is 0 Å². The van der Waals surface area contributed by atoms with Crippen molar-refractivity contribution in [2.45, 2.75) is 58.8 Å². The van der Waals surface area contributed by atoms with Gasteiger partial charge in [-0.15, -0.1) is 0 Å². The van der Waals surface area contributed by atoms with Crippen LogP contribution in [-0.2, 0) is 9.59 Å². The van der Waals surface area contributed by atoms with Gasteiger partial charge in [-0.3, -0.25) is 9.59 Å². The molecule has 0 radical (unpaired) electrons. The lowest BCUT2D eigenvalue weighted by molar-refractivity contribution is -0.127. The predicted molar refractivity (Wildman–Crippen MR) is 79.2 cm³/mol. The number of hydrogen-bond donors (Lipinski definition) is 1. The number of carbonyl (C=O) groups is 2. The van der Waals surface area contributed by atoms with Gasteiger partial charge in [0.05, 0.1) is 0 Å². The maximum Gasteiger partial charge on any atom is 0.223 e. The quantitative estimate of drug-likeness (QED) is 0.786. The average Bonchev–Trinajstić information content (AvgIpc) is 2.80. The molecule has 2 rings (SSSR count). The summed E-state index contributed by atoms with van der Waals surface area (Å²) in [6, 6.07) is 0. The summed E-state index contributed by atoms with van der Waals surface area (Å²) in [5.41, 5.74) is 0.410. The molecule has 2 amide bonds. The molecular formula is C16H28N2O2. The van der Waals surface area contributed by atoms with Gasteiger partial charge in [0.2, 0.25) is 11.8 Å². The van der Waals surface area contributed by atoms with Crippen molar-refractivity contribution in [2.24, 2.45) is 11.3 Å². The van der Waals surface area contributed by atoms with Crippen LogP contribution in [0.4, 0.5) is 0 Å². The number of amides is 2. The molecule has 1 heterocycles. The lowest BCUT2D eigenvalue weighted by Gasteiger charge is -2.33. The van der Waals surface area contributed by atoms with Crippen molar-refractivity contribution in [1.29, 1.82) is 0 Å². The molecule has 1 aliphatic carbocycles. The van der Waals surface area contributed by atoms with Crippen LogP contribution in [0.5, 0.6) is 0 Å². The van der Waals surface area contributed by atoms with Gasteiger partial charge in [-0.05, 0) is 43.9 Å². The zero-order valence-electron chi connectivity index (χ0n) is 12.9. The molecule has 0 unspecified atom stereocenters. The molecule has 20 heavy (non-hydrogen) atoms. The fraction of sp³-hybridized carbons (Fsp3) is 0.875. The maximum absolute atomic E-state index is 12.1. The minimum Gasteiger partial charge on any atom is -0.356 e. The summed E-state index contributed by atoms with van der Waals surface area (Å²) in [6.07, 6.45) is 6.89. The Morgan fingerprint density at radius 2 is 2.05 bits per heavy atom. The molecular weight excluding hydrogens is 252 g/mol. The maximum atomic E-state index is 12.1. The fourth-order valence-corrected chi connectivity index (χ4v) is 3.23. The first-order valence-electron chi connectivity index (χ1n) is 8.03. The number of carbonyl (C=O) groups excluding carboxylic acids is 2. The van der Waals surface area contributed by atoms with Crippen molar-refractivity contribution in [3.63, 3.8) is 0 Å². The Bertz CT molecular complexity index is 355. The van der Waals surface area contributed by atoms with Crippen LogP contribution in [0.2, 0.25) is 0 Å². The highest BCUT2D eigenvalue weighted by Gasteiger charge is 2.30. The van der Waals surface area contributed by atoms with E-state index in [1.165, 1.54) is 0 Å². The van der Waals surface area contributed by atoms with Crippen molar-refractivity contribution in [2.75, 3.05) is 19.6 Å². The van der Waals surface area contributed by atoms with E-state index in [1.807, 2.05) is 4.90 Å². The van der Waals surface area contributed by atoms with Crippen LogP contribution >= 0.6 is 0 Å². The molecule has 114 valence electrons. The molecule has 1 aliphatic heterocycles. The first kappa shape index (κ1) is 15.3. The number of likely N-dealkylation sites (tertiary alicyclic amines) is 1. The highest BCUT2D eigenvalue weighted by atomic mass is 16.2. The lowest BCUT2D eigenvalue weighted by Crippen LogP contribution is -2.36. The minimum absolute atomic E-state index is 0.205. The van der Waals surface area contributed by atoms with E-state index >= 15 is 0 Å². The van der Waals surface area contributed by atoms with Gasteiger partial charge in [-0.2, -0.15) is 0 Å². The van der Waals surface area contributed by atoms with Crippen LogP contribution in [0.25, 0.3) is 0 Å². The minimum atomic E-state index is 0.205. The molecule has 2 fully saturated rings. The highest BCUT2D eigenvalue weighted by molar-refractivity contribution is 5.79. The second-order valence-corrected chi connectivity index (χ2v) is 7.07. The second kappa shape index (κ2) is 6.59. The second-order valence-electron chi connectivity index (χ2n) is 7.07. The van der Waals surface area contributed by atoms with E-state index in [2.05, 4.69) is 19.2 Å². The smallest absolute Gasteiger partial charge is 0.223 e. The molecule has 0 spiro atoms. The Kier molecular flexibility index (Phi) is 5.06. The van der Waals surface area contributed by atoms with E-state index < -0.39 is 0 Å². The third kappa shape index (κ3) is 4.22. The van der Waals surface area contributed by atoms with Gasteiger partial charge < -0.3 is 10.2 Å². The van der Waals surface area contributed by atoms with E-state index in [4.69, 9.17) is 0 Å². The molecule has 4 nitrogen and oxygen atoms in total. The summed E-state index contributed by atoms with van der Waals surface area (Å²) in [6.45, 7) is 6.95. The Morgan fingerprint density at radius 3 is 2.65 bits per heavy atom. The Balaban J connectivity index is 1.60. The van der Waals surface area contributed by atoms with Crippen LogP contribution in [0, 0.1) is 11.3 Å². The van der Waals surface area contributed by atoms with Gasteiger partial charge in [0.1, 0.15) is 0 Å². The van der Waals surface area contributed by atoms with Crippen molar-refractivity contribution in [3.05, 3.63) is 0 Å². The monoisotopic (exact) mass is 280 g/mol. The summed E-state index contributed by atoms with van der Waals surface area (Å²) in [5.74, 6) is 0.690. The largest absolute Gasteiger partial charge is 0.356 e. The van der Waals surface area contributed by atoms with Gasteiger partial charge in [-0.1, -0.05) is 13.8 Å². The van der Waals surface area contributed by atoms with E-state index in [0.717, 1.165) is 51.6 Å². The first-order chi connectivity index (χ1) is 9.48. The molecule has 0 aromatic heterocycles. The molecule has 0 aromatic carbocycles. The van der Waals surface area contributed by atoms with E-state index in [1.54, 1.807) is 0 Å². The topological polar surface area (TPSA) is 49.4 Å². The number of nitrogens with zero attached hydrogens (tertiary/aromatic N) is 1. The van der Waals surface area contributed by atoms with Crippen LogP contribution in [-0.4, -0.2) is 36.3 Å². The van der Waals surface area contributed by atoms with E-state index in [9.17, 15) is 9.59 Å². The molecule has 0 atom stereocenters. The van der Waals surface area contributed by atoms with Gasteiger partial charge in [0, 0.05) is 32.0 Å². The summed E-state index contributed by atoms with van der Waals surface area (Å²) >= 11 is 0. The van der Waals surface area contributed by atoms with Gasteiger partial charge in [-0.25, -0.2) is 0 Å². The number of rotatable bonds is 5. The van der Waals surface area contributed by atoms with Crippen molar-refractivity contribution in [1.82, 2.24) is 10.2 Å². The number of hydrogen-bond acceptors (Lipinski definition) is 2.